The summed E-state index contributed by atoms with van der Waals surface area (Å²) in [6, 6.07) is 7.18. The lowest BCUT2D eigenvalue weighted by Crippen LogP contribution is -2.35. The van der Waals surface area contributed by atoms with Gasteiger partial charge in [-0.3, -0.25) is 14.5 Å². The number of hydrogen-bond acceptors (Lipinski definition) is 4. The van der Waals surface area contributed by atoms with E-state index in [4.69, 9.17) is 10.5 Å². The molecule has 0 atom stereocenters. The zero-order chi connectivity index (χ0) is 16.4. The van der Waals surface area contributed by atoms with Crippen LogP contribution in [0.25, 0.3) is 0 Å². The number of likely N-dealkylation sites (N-methyl/N-ethyl adjacent to an activating group) is 1. The first-order valence-electron chi connectivity index (χ1n) is 7.46. The van der Waals surface area contributed by atoms with Gasteiger partial charge in [-0.1, -0.05) is 25.5 Å². The Morgan fingerprint density at radius 2 is 1.95 bits per heavy atom. The van der Waals surface area contributed by atoms with Crippen molar-refractivity contribution < 1.29 is 14.3 Å². The topological polar surface area (TPSA) is 84.7 Å². The molecule has 0 spiro atoms. The fourth-order valence-electron chi connectivity index (χ4n) is 1.87. The van der Waals surface area contributed by atoms with Crippen molar-refractivity contribution in [2.75, 3.05) is 26.7 Å². The second kappa shape index (κ2) is 9.78. The maximum atomic E-state index is 11.8. The number of nitrogens with two attached hydrogens (primary N) is 1. The van der Waals surface area contributed by atoms with Crippen LogP contribution in [0.3, 0.4) is 0 Å². The number of rotatable bonds is 10. The van der Waals surface area contributed by atoms with Gasteiger partial charge in [-0.15, -0.1) is 0 Å². The zero-order valence-corrected chi connectivity index (χ0v) is 13.3. The molecule has 1 aromatic rings. The van der Waals surface area contributed by atoms with Crippen molar-refractivity contribution in [2.45, 2.75) is 26.3 Å². The molecule has 122 valence electrons. The van der Waals surface area contributed by atoms with E-state index in [-0.39, 0.29) is 12.5 Å². The third kappa shape index (κ3) is 7.64. The normalized spacial score (nSPS) is 10.5. The highest BCUT2D eigenvalue weighted by atomic mass is 16.5. The summed E-state index contributed by atoms with van der Waals surface area (Å²) in [5.74, 6) is 0.0735. The van der Waals surface area contributed by atoms with Gasteiger partial charge in [0.2, 0.25) is 5.91 Å². The van der Waals surface area contributed by atoms with Crippen LogP contribution in [0.1, 0.15) is 25.3 Å². The molecule has 0 aliphatic rings. The van der Waals surface area contributed by atoms with Gasteiger partial charge in [-0.25, -0.2) is 0 Å². The Morgan fingerprint density at radius 3 is 2.55 bits per heavy atom. The van der Waals surface area contributed by atoms with E-state index < -0.39 is 5.91 Å². The first kappa shape index (κ1) is 18.0. The van der Waals surface area contributed by atoms with E-state index in [0.29, 0.717) is 18.8 Å². The van der Waals surface area contributed by atoms with E-state index in [2.05, 4.69) is 12.2 Å². The molecule has 0 radical (unpaired) electrons. The SMILES string of the molecule is CCCCN(C)CC(=O)NCc1ccc(OCC(N)=O)cc1. The third-order valence-electron chi connectivity index (χ3n) is 3.10. The molecule has 22 heavy (non-hydrogen) atoms. The predicted molar refractivity (Wildman–Crippen MR) is 85.4 cm³/mol. The Labute approximate surface area is 131 Å². The van der Waals surface area contributed by atoms with E-state index in [0.717, 1.165) is 24.9 Å². The molecular weight excluding hydrogens is 282 g/mol. The van der Waals surface area contributed by atoms with E-state index in [1.165, 1.54) is 0 Å². The lowest BCUT2D eigenvalue weighted by molar-refractivity contribution is -0.122. The van der Waals surface area contributed by atoms with E-state index >= 15 is 0 Å². The molecule has 0 fully saturated rings. The summed E-state index contributed by atoms with van der Waals surface area (Å²) in [6.07, 6.45) is 2.21. The van der Waals surface area contributed by atoms with Crippen LogP contribution >= 0.6 is 0 Å². The Hall–Kier alpha value is -2.08. The number of amides is 2. The Kier molecular flexibility index (Phi) is 7.99. The van der Waals surface area contributed by atoms with Gasteiger partial charge in [0.25, 0.3) is 5.91 Å². The predicted octanol–water partition coefficient (Wildman–Crippen LogP) is 0.899. The molecule has 0 aromatic heterocycles. The van der Waals surface area contributed by atoms with Gasteiger partial charge < -0.3 is 15.8 Å². The number of carbonyl (C=O) groups is 2. The van der Waals surface area contributed by atoms with Gasteiger partial charge in [0.1, 0.15) is 5.75 Å². The first-order chi connectivity index (χ1) is 10.5. The van der Waals surface area contributed by atoms with E-state index in [9.17, 15) is 9.59 Å². The molecular formula is C16H25N3O3. The molecule has 0 aliphatic heterocycles. The van der Waals surface area contributed by atoms with Gasteiger partial charge in [0, 0.05) is 6.54 Å². The fraction of sp³-hybridized carbons (Fsp3) is 0.500. The summed E-state index contributed by atoms with van der Waals surface area (Å²) in [5.41, 5.74) is 5.97. The molecule has 6 nitrogen and oxygen atoms in total. The number of unbranched alkanes of at least 4 members (excludes halogenated alkanes) is 1. The molecule has 1 aromatic carbocycles. The van der Waals surface area contributed by atoms with Crippen LogP contribution in [0.4, 0.5) is 0 Å². The third-order valence-corrected chi connectivity index (χ3v) is 3.10. The highest BCUT2D eigenvalue weighted by molar-refractivity contribution is 5.78. The number of nitrogens with one attached hydrogen (secondary N) is 1. The van der Waals surface area contributed by atoms with Crippen molar-refractivity contribution in [3.8, 4) is 5.75 Å². The van der Waals surface area contributed by atoms with Gasteiger partial charge in [0.05, 0.1) is 6.54 Å². The van der Waals surface area contributed by atoms with E-state index in [1.54, 1.807) is 12.1 Å². The lowest BCUT2D eigenvalue weighted by Gasteiger charge is -2.15. The van der Waals surface area contributed by atoms with Crippen molar-refractivity contribution in [1.82, 2.24) is 10.2 Å². The minimum Gasteiger partial charge on any atom is -0.484 e. The number of benzene rings is 1. The number of hydrogen-bond donors (Lipinski definition) is 2. The van der Waals surface area contributed by atoms with Gasteiger partial charge in [-0.05, 0) is 37.7 Å². The first-order valence-corrected chi connectivity index (χ1v) is 7.46. The highest BCUT2D eigenvalue weighted by Gasteiger charge is 2.06. The second-order valence-corrected chi connectivity index (χ2v) is 5.27. The maximum absolute atomic E-state index is 11.8. The van der Waals surface area contributed by atoms with Gasteiger partial charge in [-0.2, -0.15) is 0 Å². The van der Waals surface area contributed by atoms with Crippen molar-refractivity contribution in [3.05, 3.63) is 29.8 Å². The zero-order valence-electron chi connectivity index (χ0n) is 13.3. The monoisotopic (exact) mass is 307 g/mol. The Morgan fingerprint density at radius 1 is 1.27 bits per heavy atom. The Balaban J connectivity index is 2.32. The average molecular weight is 307 g/mol. The molecule has 6 heteroatoms. The summed E-state index contributed by atoms with van der Waals surface area (Å²) in [6.45, 7) is 3.79. The molecule has 0 unspecified atom stereocenters. The standard InChI is InChI=1S/C16H25N3O3/c1-3-4-9-19(2)11-16(21)18-10-13-5-7-14(8-6-13)22-12-15(17)20/h5-8H,3-4,9-12H2,1-2H3,(H2,17,20)(H,18,21). The number of nitrogens with zero attached hydrogens (tertiary/aromatic N) is 1. The lowest BCUT2D eigenvalue weighted by atomic mass is 10.2. The smallest absolute Gasteiger partial charge is 0.255 e. The summed E-state index contributed by atoms with van der Waals surface area (Å²) in [5, 5.41) is 2.88. The van der Waals surface area contributed by atoms with Crippen LogP contribution in [-0.4, -0.2) is 43.5 Å². The molecule has 3 N–H and O–H groups in total. The van der Waals surface area contributed by atoms with Crippen molar-refractivity contribution in [1.29, 1.82) is 0 Å². The summed E-state index contributed by atoms with van der Waals surface area (Å²) < 4.78 is 5.17. The van der Waals surface area contributed by atoms with Crippen molar-refractivity contribution in [2.24, 2.45) is 5.73 Å². The number of primary amides is 1. The quantitative estimate of drug-likeness (QED) is 0.672. The minimum atomic E-state index is -0.511. The molecule has 1 rings (SSSR count). The van der Waals surface area contributed by atoms with Crippen LogP contribution in [-0.2, 0) is 16.1 Å². The maximum Gasteiger partial charge on any atom is 0.255 e. The van der Waals surface area contributed by atoms with Crippen LogP contribution in [0, 0.1) is 0 Å². The molecule has 0 heterocycles. The van der Waals surface area contributed by atoms with Crippen LogP contribution in [0.2, 0.25) is 0 Å². The average Bonchev–Trinajstić information content (AvgIpc) is 2.49. The van der Waals surface area contributed by atoms with Gasteiger partial charge >= 0.3 is 0 Å². The van der Waals surface area contributed by atoms with Crippen molar-refractivity contribution in [3.63, 3.8) is 0 Å². The second-order valence-electron chi connectivity index (χ2n) is 5.27. The van der Waals surface area contributed by atoms with Gasteiger partial charge in [0.15, 0.2) is 6.61 Å². The summed E-state index contributed by atoms with van der Waals surface area (Å²) >= 11 is 0. The molecule has 0 saturated carbocycles. The van der Waals surface area contributed by atoms with Crippen LogP contribution in [0.5, 0.6) is 5.75 Å². The number of ether oxygens (including phenoxy) is 1. The molecule has 0 saturated heterocycles. The fourth-order valence-corrected chi connectivity index (χ4v) is 1.87. The van der Waals surface area contributed by atoms with Crippen LogP contribution < -0.4 is 15.8 Å². The summed E-state index contributed by atoms with van der Waals surface area (Å²) in [4.78, 5) is 24.4. The number of carbonyl (C=O) groups excluding carboxylic acids is 2. The van der Waals surface area contributed by atoms with E-state index in [1.807, 2.05) is 24.1 Å². The van der Waals surface area contributed by atoms with Crippen LogP contribution in [0.15, 0.2) is 24.3 Å². The largest absolute Gasteiger partial charge is 0.484 e. The highest BCUT2D eigenvalue weighted by Crippen LogP contribution is 2.11. The minimum absolute atomic E-state index is 0.00709. The molecule has 0 aliphatic carbocycles. The molecule has 0 bridgehead atoms. The summed E-state index contributed by atoms with van der Waals surface area (Å²) in [7, 11) is 1.94. The Bertz CT molecular complexity index is 474. The molecule has 2 amide bonds. The van der Waals surface area contributed by atoms with Crippen molar-refractivity contribution >= 4 is 11.8 Å².